The lowest BCUT2D eigenvalue weighted by Crippen LogP contribution is -1.90. The second-order valence-electron chi connectivity index (χ2n) is 4.42. The lowest BCUT2D eigenvalue weighted by Gasteiger charge is -1.95. The molecule has 0 aliphatic rings. The molecule has 4 rings (SSSR count). The molecule has 0 unspecified atom stereocenters. The van der Waals surface area contributed by atoms with Gasteiger partial charge in [-0.15, -0.1) is 10.2 Å². The van der Waals surface area contributed by atoms with Crippen LogP contribution in [0.25, 0.3) is 26.9 Å². The molecule has 0 aliphatic heterocycles. The highest BCUT2D eigenvalue weighted by Crippen LogP contribution is 2.28. The molecule has 9 heteroatoms. The Bertz CT molecular complexity index is 938. The van der Waals surface area contributed by atoms with Gasteiger partial charge in [-0.05, 0) is 22.0 Å². The summed E-state index contributed by atoms with van der Waals surface area (Å²) in [5.41, 5.74) is 1.83. The van der Waals surface area contributed by atoms with Crippen LogP contribution in [0, 0.1) is 0 Å². The predicted molar refractivity (Wildman–Crippen MR) is 81.8 cm³/mol. The summed E-state index contributed by atoms with van der Waals surface area (Å²) < 4.78 is 4.37. The zero-order valence-electron chi connectivity index (χ0n) is 10.8. The first-order valence-electron chi connectivity index (χ1n) is 6.03. The van der Waals surface area contributed by atoms with Crippen molar-refractivity contribution in [1.29, 1.82) is 0 Å². The van der Waals surface area contributed by atoms with Crippen molar-refractivity contribution in [3.8, 4) is 22.0 Å². The minimum absolute atomic E-state index is 0.684. The Labute approximate surface area is 131 Å². The number of fused-ring (bicyclic) bond motifs is 1. The Hall–Kier alpha value is -2.13. The monoisotopic (exact) mass is 361 g/mol. The fourth-order valence-electron chi connectivity index (χ4n) is 1.98. The maximum atomic E-state index is 4.58. The van der Waals surface area contributed by atoms with Gasteiger partial charge in [0.15, 0.2) is 5.82 Å². The van der Waals surface area contributed by atoms with Gasteiger partial charge < -0.3 is 0 Å². The number of hydrogen-bond acceptors (Lipinski definition) is 6. The van der Waals surface area contributed by atoms with Crippen LogP contribution in [0.2, 0.25) is 0 Å². The van der Waals surface area contributed by atoms with E-state index in [9.17, 15) is 0 Å². The molecule has 4 aromatic rings. The molecule has 0 bridgehead atoms. The molecule has 0 aromatic carbocycles. The van der Waals surface area contributed by atoms with Crippen LogP contribution in [-0.4, -0.2) is 34.6 Å². The van der Waals surface area contributed by atoms with Crippen LogP contribution < -0.4 is 0 Å². The molecule has 21 heavy (non-hydrogen) atoms. The van der Waals surface area contributed by atoms with E-state index in [4.69, 9.17) is 0 Å². The summed E-state index contributed by atoms with van der Waals surface area (Å²) in [6, 6.07) is 1.97. The number of rotatable bonds is 2. The Balaban J connectivity index is 1.86. The summed E-state index contributed by atoms with van der Waals surface area (Å²) in [6.07, 6.45) is 7.15. The fraction of sp³-hybridized carbons (Fsp3) is 0.0833. The van der Waals surface area contributed by atoms with E-state index in [0.717, 1.165) is 25.6 Å². The number of aryl methyl sites for hydroxylation is 1. The van der Waals surface area contributed by atoms with E-state index in [1.54, 1.807) is 27.8 Å². The molecule has 104 valence electrons. The summed E-state index contributed by atoms with van der Waals surface area (Å²) in [5.74, 6) is 0.684. The number of nitrogens with zero attached hydrogens (tertiary/aromatic N) is 7. The Morgan fingerprint density at radius 2 is 2.05 bits per heavy atom. The van der Waals surface area contributed by atoms with Crippen molar-refractivity contribution in [1.82, 2.24) is 34.6 Å². The van der Waals surface area contributed by atoms with Gasteiger partial charge in [-0.3, -0.25) is 9.67 Å². The minimum atomic E-state index is 0.684. The molecule has 0 aliphatic carbocycles. The van der Waals surface area contributed by atoms with Crippen LogP contribution in [0.3, 0.4) is 0 Å². The molecule has 7 nitrogen and oxygen atoms in total. The highest BCUT2D eigenvalue weighted by molar-refractivity contribution is 9.10. The highest BCUT2D eigenvalue weighted by Gasteiger charge is 2.15. The maximum Gasteiger partial charge on any atom is 0.235 e. The Morgan fingerprint density at radius 3 is 2.81 bits per heavy atom. The first kappa shape index (κ1) is 12.6. The second-order valence-corrected chi connectivity index (χ2v) is 6.29. The van der Waals surface area contributed by atoms with Crippen LogP contribution in [-0.2, 0) is 7.05 Å². The van der Waals surface area contributed by atoms with Gasteiger partial charge in [0, 0.05) is 35.7 Å². The molecule has 0 fully saturated rings. The summed E-state index contributed by atoms with van der Waals surface area (Å²) in [6.45, 7) is 0. The van der Waals surface area contributed by atoms with Crippen LogP contribution in [0.5, 0.6) is 0 Å². The van der Waals surface area contributed by atoms with Crippen molar-refractivity contribution < 1.29 is 0 Å². The molecule has 0 saturated heterocycles. The largest absolute Gasteiger partial charge is 0.275 e. The van der Waals surface area contributed by atoms with Crippen LogP contribution in [0.1, 0.15) is 0 Å². The quantitative estimate of drug-likeness (QED) is 0.548. The average molecular weight is 362 g/mol. The van der Waals surface area contributed by atoms with Crippen molar-refractivity contribution >= 4 is 32.2 Å². The Morgan fingerprint density at radius 1 is 1.14 bits per heavy atom. The van der Waals surface area contributed by atoms with E-state index in [1.165, 1.54) is 11.3 Å². The van der Waals surface area contributed by atoms with Gasteiger partial charge in [0.2, 0.25) is 4.96 Å². The van der Waals surface area contributed by atoms with Gasteiger partial charge >= 0.3 is 0 Å². The van der Waals surface area contributed by atoms with Crippen LogP contribution in [0.4, 0.5) is 0 Å². The normalized spacial score (nSPS) is 11.3. The SMILES string of the molecule is Cn1cc(-c2nnc3sc(-c4cncc(Br)c4)nn23)cn1. The van der Waals surface area contributed by atoms with E-state index >= 15 is 0 Å². The average Bonchev–Trinajstić information content (AvgIpc) is 3.13. The van der Waals surface area contributed by atoms with Crippen molar-refractivity contribution in [3.05, 3.63) is 35.3 Å². The topological polar surface area (TPSA) is 73.8 Å². The van der Waals surface area contributed by atoms with Gasteiger partial charge in [0.25, 0.3) is 0 Å². The van der Waals surface area contributed by atoms with Crippen molar-refractivity contribution in [2.24, 2.45) is 7.05 Å². The van der Waals surface area contributed by atoms with E-state index < -0.39 is 0 Å². The van der Waals surface area contributed by atoms with Crippen LogP contribution >= 0.6 is 27.3 Å². The number of halogens is 1. The number of hydrogen-bond donors (Lipinski definition) is 0. The van der Waals surface area contributed by atoms with E-state index in [2.05, 4.69) is 41.3 Å². The van der Waals surface area contributed by atoms with Crippen molar-refractivity contribution in [2.75, 3.05) is 0 Å². The first-order valence-corrected chi connectivity index (χ1v) is 7.64. The third-order valence-corrected chi connectivity index (χ3v) is 4.29. The molecule has 0 spiro atoms. The molecule has 0 radical (unpaired) electrons. The molecule has 0 atom stereocenters. The zero-order chi connectivity index (χ0) is 14.4. The highest BCUT2D eigenvalue weighted by atomic mass is 79.9. The van der Waals surface area contributed by atoms with Gasteiger partial charge in [0.05, 0.1) is 11.8 Å². The smallest absolute Gasteiger partial charge is 0.235 e. The fourth-order valence-corrected chi connectivity index (χ4v) is 3.16. The zero-order valence-corrected chi connectivity index (χ0v) is 13.2. The molecule has 4 heterocycles. The number of pyridine rings is 1. The van der Waals surface area contributed by atoms with Crippen molar-refractivity contribution in [2.45, 2.75) is 0 Å². The summed E-state index contributed by atoms with van der Waals surface area (Å²) in [5, 5.41) is 17.9. The molecule has 0 amide bonds. The van der Waals surface area contributed by atoms with Gasteiger partial charge in [0.1, 0.15) is 5.01 Å². The van der Waals surface area contributed by atoms with E-state index in [0.29, 0.717) is 5.82 Å². The second kappa shape index (κ2) is 4.71. The van der Waals surface area contributed by atoms with Gasteiger partial charge in [-0.25, -0.2) is 0 Å². The Kier molecular flexibility index (Phi) is 2.82. The minimum Gasteiger partial charge on any atom is -0.275 e. The molecule has 4 aromatic heterocycles. The first-order chi connectivity index (χ1) is 10.2. The van der Waals surface area contributed by atoms with Crippen LogP contribution in [0.15, 0.2) is 35.3 Å². The summed E-state index contributed by atoms with van der Waals surface area (Å²) >= 11 is 4.89. The summed E-state index contributed by atoms with van der Waals surface area (Å²) in [7, 11) is 1.86. The van der Waals surface area contributed by atoms with E-state index in [-0.39, 0.29) is 0 Å². The predicted octanol–water partition coefficient (Wildman–Crippen LogP) is 2.41. The third-order valence-electron chi connectivity index (χ3n) is 2.91. The molecular formula is C12H8BrN7S. The molecule has 0 saturated carbocycles. The van der Waals surface area contributed by atoms with Gasteiger partial charge in [-0.1, -0.05) is 11.3 Å². The standard InChI is InChI=1S/C12H8BrN7S/c1-19-6-8(4-15-19)10-16-17-12-20(10)18-11(21-12)7-2-9(13)5-14-3-7/h2-6H,1H3. The molecule has 0 N–H and O–H groups in total. The number of aromatic nitrogens is 7. The molecular weight excluding hydrogens is 354 g/mol. The van der Waals surface area contributed by atoms with Crippen molar-refractivity contribution in [3.63, 3.8) is 0 Å². The maximum absolute atomic E-state index is 4.58. The van der Waals surface area contributed by atoms with Gasteiger partial charge in [-0.2, -0.15) is 14.7 Å². The summed E-state index contributed by atoms with van der Waals surface area (Å²) in [4.78, 5) is 4.90. The lowest BCUT2D eigenvalue weighted by atomic mass is 10.3. The third kappa shape index (κ3) is 2.14. The van der Waals surface area contributed by atoms with E-state index in [1.807, 2.05) is 19.3 Å². The lowest BCUT2D eigenvalue weighted by molar-refractivity contribution is 0.768.